The summed E-state index contributed by atoms with van der Waals surface area (Å²) >= 11 is 1.49. The largest absolute Gasteiger partial charge is 0.497 e. The SMILES string of the molecule is COc1ccc(-c2ccc(Nc3nc4scc(-c5ccc(NC(C)=O)cc5)n4n3)nn2)cc1. The van der Waals surface area contributed by atoms with E-state index in [1.807, 2.05) is 66.0 Å². The molecule has 0 aliphatic carbocycles. The highest BCUT2D eigenvalue weighted by Gasteiger charge is 2.13. The van der Waals surface area contributed by atoms with Crippen LogP contribution in [0.15, 0.2) is 66.0 Å². The van der Waals surface area contributed by atoms with E-state index in [-0.39, 0.29) is 5.91 Å². The lowest BCUT2D eigenvalue weighted by Gasteiger charge is -2.04. The molecule has 0 aliphatic heterocycles. The summed E-state index contributed by atoms with van der Waals surface area (Å²) in [7, 11) is 1.64. The smallest absolute Gasteiger partial charge is 0.249 e. The molecule has 0 saturated heterocycles. The maximum absolute atomic E-state index is 11.2. The number of rotatable bonds is 6. The maximum Gasteiger partial charge on any atom is 0.249 e. The number of anilines is 3. The lowest BCUT2D eigenvalue weighted by molar-refractivity contribution is -0.114. The number of nitrogens with one attached hydrogen (secondary N) is 2. The highest BCUT2D eigenvalue weighted by atomic mass is 32.1. The van der Waals surface area contributed by atoms with Gasteiger partial charge in [-0.05, 0) is 48.5 Å². The zero-order valence-corrected chi connectivity index (χ0v) is 18.6. The third kappa shape index (κ3) is 4.37. The molecule has 0 atom stereocenters. The Labute approximate surface area is 193 Å². The molecule has 3 heterocycles. The molecule has 3 aromatic heterocycles. The average Bonchev–Trinajstić information content (AvgIpc) is 3.40. The first kappa shape index (κ1) is 20.6. The van der Waals surface area contributed by atoms with E-state index in [9.17, 15) is 4.79 Å². The molecule has 0 saturated carbocycles. The Balaban J connectivity index is 1.33. The van der Waals surface area contributed by atoms with Crippen molar-refractivity contribution in [2.75, 3.05) is 17.7 Å². The number of amides is 1. The molecule has 5 aromatic rings. The number of carbonyl (C=O) groups is 1. The third-order valence-corrected chi connectivity index (χ3v) is 5.69. The number of carbonyl (C=O) groups excluding carboxylic acids is 1. The third-order valence-electron chi connectivity index (χ3n) is 4.87. The first-order chi connectivity index (χ1) is 16.1. The van der Waals surface area contributed by atoms with E-state index < -0.39 is 0 Å². The molecule has 0 aliphatic rings. The summed E-state index contributed by atoms with van der Waals surface area (Å²) in [6.45, 7) is 1.48. The van der Waals surface area contributed by atoms with Gasteiger partial charge in [-0.25, -0.2) is 4.52 Å². The number of ether oxygens (including phenoxy) is 1. The second kappa shape index (κ2) is 8.67. The predicted molar refractivity (Wildman–Crippen MR) is 128 cm³/mol. The normalized spacial score (nSPS) is 10.8. The van der Waals surface area contributed by atoms with E-state index in [4.69, 9.17) is 4.74 Å². The minimum atomic E-state index is -0.104. The van der Waals surface area contributed by atoms with Gasteiger partial charge in [0.2, 0.25) is 16.8 Å². The van der Waals surface area contributed by atoms with Gasteiger partial charge >= 0.3 is 0 Å². The molecular weight excluding hydrogens is 438 g/mol. The molecule has 0 unspecified atom stereocenters. The number of methoxy groups -OCH3 is 1. The zero-order chi connectivity index (χ0) is 22.8. The van der Waals surface area contributed by atoms with Crippen molar-refractivity contribution in [1.29, 1.82) is 0 Å². The van der Waals surface area contributed by atoms with Crippen LogP contribution in [0.5, 0.6) is 5.75 Å². The molecule has 2 N–H and O–H groups in total. The van der Waals surface area contributed by atoms with Crippen LogP contribution in [0.1, 0.15) is 6.92 Å². The lowest BCUT2D eigenvalue weighted by atomic mass is 10.1. The van der Waals surface area contributed by atoms with Gasteiger partial charge in [-0.1, -0.05) is 12.1 Å². The Morgan fingerprint density at radius 3 is 2.39 bits per heavy atom. The van der Waals surface area contributed by atoms with Crippen LogP contribution >= 0.6 is 11.3 Å². The van der Waals surface area contributed by atoms with Crippen LogP contribution in [-0.2, 0) is 4.79 Å². The van der Waals surface area contributed by atoms with Gasteiger partial charge in [0.1, 0.15) is 5.75 Å². The van der Waals surface area contributed by atoms with Crippen LogP contribution in [0.2, 0.25) is 0 Å². The molecule has 0 spiro atoms. The minimum Gasteiger partial charge on any atom is -0.497 e. The summed E-state index contributed by atoms with van der Waals surface area (Å²) in [5, 5.41) is 21.0. The van der Waals surface area contributed by atoms with Crippen LogP contribution in [0, 0.1) is 0 Å². The van der Waals surface area contributed by atoms with Crippen LogP contribution in [0.4, 0.5) is 17.5 Å². The molecule has 0 fully saturated rings. The van der Waals surface area contributed by atoms with Crippen molar-refractivity contribution in [2.45, 2.75) is 6.92 Å². The molecule has 9 nitrogen and oxygen atoms in total. The summed E-state index contributed by atoms with van der Waals surface area (Å²) in [4.78, 5) is 16.5. The fourth-order valence-electron chi connectivity index (χ4n) is 3.29. The summed E-state index contributed by atoms with van der Waals surface area (Å²) in [6.07, 6.45) is 0. The number of hydrogen-bond acceptors (Lipinski definition) is 8. The first-order valence-electron chi connectivity index (χ1n) is 10.1. The number of hydrogen-bond donors (Lipinski definition) is 2. The average molecular weight is 458 g/mol. The van der Waals surface area contributed by atoms with Crippen molar-refractivity contribution >= 4 is 39.7 Å². The molecule has 164 valence electrons. The summed E-state index contributed by atoms with van der Waals surface area (Å²) in [5.74, 6) is 1.67. The Kier molecular flexibility index (Phi) is 5.41. The van der Waals surface area contributed by atoms with Crippen LogP contribution in [0.3, 0.4) is 0 Å². The second-order valence-corrected chi connectivity index (χ2v) is 8.00. The van der Waals surface area contributed by atoms with E-state index in [0.717, 1.165) is 38.9 Å². The van der Waals surface area contributed by atoms with E-state index in [1.54, 1.807) is 11.6 Å². The van der Waals surface area contributed by atoms with Crippen molar-refractivity contribution < 1.29 is 9.53 Å². The fourth-order valence-corrected chi connectivity index (χ4v) is 4.12. The number of fused-ring (bicyclic) bond motifs is 1. The molecular formula is C23H19N7O2S. The van der Waals surface area contributed by atoms with Crippen molar-refractivity contribution in [3.63, 3.8) is 0 Å². The summed E-state index contributed by atoms with van der Waals surface area (Å²) in [6, 6.07) is 19.0. The molecule has 33 heavy (non-hydrogen) atoms. The number of nitrogens with zero attached hydrogens (tertiary/aromatic N) is 5. The molecule has 2 aromatic carbocycles. The van der Waals surface area contributed by atoms with Gasteiger partial charge in [-0.3, -0.25) is 4.79 Å². The number of benzene rings is 2. The Morgan fingerprint density at radius 1 is 0.970 bits per heavy atom. The zero-order valence-electron chi connectivity index (χ0n) is 17.8. The molecule has 0 radical (unpaired) electrons. The predicted octanol–water partition coefficient (Wildman–Crippen LogP) is 4.63. The van der Waals surface area contributed by atoms with Gasteiger partial charge in [0.05, 0.1) is 18.5 Å². The Bertz CT molecular complexity index is 1410. The van der Waals surface area contributed by atoms with Gasteiger partial charge < -0.3 is 15.4 Å². The van der Waals surface area contributed by atoms with Gasteiger partial charge in [0.15, 0.2) is 5.82 Å². The van der Waals surface area contributed by atoms with Crippen molar-refractivity contribution in [1.82, 2.24) is 24.8 Å². The van der Waals surface area contributed by atoms with Crippen LogP contribution in [-0.4, -0.2) is 37.8 Å². The van der Waals surface area contributed by atoms with E-state index >= 15 is 0 Å². The van der Waals surface area contributed by atoms with Gasteiger partial charge in [-0.15, -0.1) is 26.6 Å². The van der Waals surface area contributed by atoms with Gasteiger partial charge in [0.25, 0.3) is 0 Å². The number of thiazole rings is 1. The molecule has 1 amide bonds. The fraction of sp³-hybridized carbons (Fsp3) is 0.0870. The lowest BCUT2D eigenvalue weighted by Crippen LogP contribution is -2.05. The molecule has 5 rings (SSSR count). The van der Waals surface area contributed by atoms with Gasteiger partial charge in [-0.2, -0.15) is 4.98 Å². The highest BCUT2D eigenvalue weighted by Crippen LogP contribution is 2.28. The quantitative estimate of drug-likeness (QED) is 0.383. The van der Waals surface area contributed by atoms with Crippen LogP contribution < -0.4 is 15.4 Å². The second-order valence-electron chi connectivity index (χ2n) is 7.17. The van der Waals surface area contributed by atoms with Crippen LogP contribution in [0.25, 0.3) is 27.5 Å². The monoisotopic (exact) mass is 457 g/mol. The standard InChI is InChI=1S/C23H19N7O2S/c1-14(31)24-17-7-3-16(4-8-17)20-13-33-23-26-22(29-30(20)23)25-21-12-11-19(27-28-21)15-5-9-18(32-2)10-6-15/h3-13H,1-2H3,(H,24,31)(H,25,28,29). The van der Waals surface area contributed by atoms with Crippen molar-refractivity contribution in [2.24, 2.45) is 0 Å². The Morgan fingerprint density at radius 2 is 1.73 bits per heavy atom. The molecule has 0 bridgehead atoms. The summed E-state index contributed by atoms with van der Waals surface area (Å²) < 4.78 is 6.97. The maximum atomic E-state index is 11.2. The number of aromatic nitrogens is 5. The minimum absolute atomic E-state index is 0.104. The van der Waals surface area contributed by atoms with Crippen molar-refractivity contribution in [3.8, 4) is 28.3 Å². The van der Waals surface area contributed by atoms with E-state index in [0.29, 0.717) is 11.8 Å². The van der Waals surface area contributed by atoms with E-state index in [1.165, 1.54) is 18.3 Å². The van der Waals surface area contributed by atoms with Crippen molar-refractivity contribution in [3.05, 3.63) is 66.0 Å². The topological polar surface area (TPSA) is 106 Å². The Hall–Kier alpha value is -4.31. The van der Waals surface area contributed by atoms with E-state index in [2.05, 4.69) is 30.9 Å². The highest BCUT2D eigenvalue weighted by molar-refractivity contribution is 7.15. The first-order valence-corrected chi connectivity index (χ1v) is 10.9. The van der Waals surface area contributed by atoms with Gasteiger partial charge in [0, 0.05) is 29.1 Å². The molecule has 10 heteroatoms. The summed E-state index contributed by atoms with van der Waals surface area (Å²) in [5.41, 5.74) is 4.33.